The predicted molar refractivity (Wildman–Crippen MR) is 78.6 cm³/mol. The molecule has 3 aliphatic rings. The summed E-state index contributed by atoms with van der Waals surface area (Å²) in [6.07, 6.45) is 6.21. The third kappa shape index (κ3) is 3.41. The highest BCUT2D eigenvalue weighted by Gasteiger charge is 2.31. The van der Waals surface area contributed by atoms with Crippen LogP contribution in [0.3, 0.4) is 0 Å². The summed E-state index contributed by atoms with van der Waals surface area (Å²) in [6.45, 7) is 6.14. The van der Waals surface area contributed by atoms with Gasteiger partial charge in [0.25, 0.3) is 0 Å². The van der Waals surface area contributed by atoms with Gasteiger partial charge in [0.05, 0.1) is 0 Å². The van der Waals surface area contributed by atoms with Gasteiger partial charge in [0.15, 0.2) is 0 Å². The summed E-state index contributed by atoms with van der Waals surface area (Å²) < 4.78 is 0. The summed E-state index contributed by atoms with van der Waals surface area (Å²) in [5.74, 6) is 0.714. The highest BCUT2D eigenvalue weighted by Crippen LogP contribution is 2.26. The standard InChI is InChI=1S/C14H25N3O.ClH/c18-14(12-4-6-15-7-5-12)17-10-8-16(9-11-17)13-2-1-3-13;/h12-13,15H,1-11H2;1H. The van der Waals surface area contributed by atoms with Gasteiger partial charge >= 0.3 is 0 Å². The number of piperazine rings is 1. The second kappa shape index (κ2) is 6.91. The van der Waals surface area contributed by atoms with Crippen LogP contribution in [0.4, 0.5) is 0 Å². The Balaban J connectivity index is 0.00000133. The van der Waals surface area contributed by atoms with Gasteiger partial charge < -0.3 is 10.2 Å². The van der Waals surface area contributed by atoms with Crippen molar-refractivity contribution in [3.8, 4) is 0 Å². The largest absolute Gasteiger partial charge is 0.340 e. The smallest absolute Gasteiger partial charge is 0.225 e. The highest BCUT2D eigenvalue weighted by atomic mass is 35.5. The van der Waals surface area contributed by atoms with Crippen molar-refractivity contribution in [2.45, 2.75) is 38.1 Å². The topological polar surface area (TPSA) is 35.6 Å². The molecule has 0 bridgehead atoms. The van der Waals surface area contributed by atoms with Crippen LogP contribution in [0.15, 0.2) is 0 Å². The van der Waals surface area contributed by atoms with Gasteiger partial charge in [-0.25, -0.2) is 0 Å². The van der Waals surface area contributed by atoms with Gasteiger partial charge in [-0.2, -0.15) is 0 Å². The first-order valence-corrected chi connectivity index (χ1v) is 7.58. The van der Waals surface area contributed by atoms with Crippen molar-refractivity contribution in [1.82, 2.24) is 15.1 Å². The Labute approximate surface area is 122 Å². The Hall–Kier alpha value is -0.320. The minimum atomic E-state index is 0. The van der Waals surface area contributed by atoms with E-state index in [0.717, 1.165) is 58.2 Å². The Morgan fingerprint density at radius 3 is 2.11 bits per heavy atom. The van der Waals surface area contributed by atoms with Crippen molar-refractivity contribution in [3.63, 3.8) is 0 Å². The normalized spacial score (nSPS) is 26.6. The second-order valence-corrected chi connectivity index (χ2v) is 5.97. The number of hydrogen-bond donors (Lipinski definition) is 1. The first-order chi connectivity index (χ1) is 8.84. The lowest BCUT2D eigenvalue weighted by Crippen LogP contribution is -2.55. The maximum Gasteiger partial charge on any atom is 0.225 e. The van der Waals surface area contributed by atoms with Crippen LogP contribution in [-0.2, 0) is 4.79 Å². The Kier molecular flexibility index (Phi) is 5.48. The third-order valence-corrected chi connectivity index (χ3v) is 4.91. The summed E-state index contributed by atoms with van der Waals surface area (Å²) in [7, 11) is 0. The van der Waals surface area contributed by atoms with Gasteiger partial charge in [0, 0.05) is 38.1 Å². The Bertz CT molecular complexity index is 295. The van der Waals surface area contributed by atoms with Crippen LogP contribution in [0.5, 0.6) is 0 Å². The molecule has 5 heteroatoms. The molecule has 1 amide bonds. The molecular formula is C14H26ClN3O. The maximum absolute atomic E-state index is 12.4. The van der Waals surface area contributed by atoms with Gasteiger partial charge in [-0.1, -0.05) is 6.42 Å². The first kappa shape index (κ1) is 15.1. The molecule has 0 spiro atoms. The van der Waals surface area contributed by atoms with E-state index >= 15 is 0 Å². The minimum Gasteiger partial charge on any atom is -0.340 e. The van der Waals surface area contributed by atoms with Crippen LogP contribution in [0.1, 0.15) is 32.1 Å². The molecule has 0 aromatic heterocycles. The summed E-state index contributed by atoms with van der Waals surface area (Å²) in [6, 6.07) is 0.834. The Morgan fingerprint density at radius 2 is 1.58 bits per heavy atom. The highest BCUT2D eigenvalue weighted by molar-refractivity contribution is 5.85. The molecule has 1 aliphatic carbocycles. The third-order valence-electron chi connectivity index (χ3n) is 4.91. The van der Waals surface area contributed by atoms with E-state index in [1.807, 2.05) is 0 Å². The molecule has 0 radical (unpaired) electrons. The molecule has 4 nitrogen and oxygen atoms in total. The van der Waals surface area contributed by atoms with E-state index in [4.69, 9.17) is 0 Å². The Morgan fingerprint density at radius 1 is 0.947 bits per heavy atom. The van der Waals surface area contributed by atoms with Crippen molar-refractivity contribution >= 4 is 18.3 Å². The van der Waals surface area contributed by atoms with Gasteiger partial charge in [-0.15, -0.1) is 12.4 Å². The number of amides is 1. The molecule has 19 heavy (non-hydrogen) atoms. The summed E-state index contributed by atoms with van der Waals surface area (Å²) in [5.41, 5.74) is 0. The lowest BCUT2D eigenvalue weighted by molar-refractivity contribution is -0.138. The monoisotopic (exact) mass is 287 g/mol. The molecule has 110 valence electrons. The number of nitrogens with one attached hydrogen (secondary N) is 1. The van der Waals surface area contributed by atoms with Crippen molar-refractivity contribution in [2.24, 2.45) is 5.92 Å². The van der Waals surface area contributed by atoms with E-state index in [1.165, 1.54) is 19.3 Å². The molecule has 0 aromatic rings. The van der Waals surface area contributed by atoms with Crippen molar-refractivity contribution < 1.29 is 4.79 Å². The van der Waals surface area contributed by atoms with E-state index in [0.29, 0.717) is 11.8 Å². The fourth-order valence-electron chi connectivity index (χ4n) is 3.39. The van der Waals surface area contributed by atoms with E-state index in [9.17, 15) is 4.79 Å². The molecule has 0 unspecified atom stereocenters. The molecular weight excluding hydrogens is 262 g/mol. The number of carbonyl (C=O) groups is 1. The zero-order valence-electron chi connectivity index (χ0n) is 11.6. The van der Waals surface area contributed by atoms with E-state index in [-0.39, 0.29) is 12.4 Å². The van der Waals surface area contributed by atoms with Gasteiger partial charge in [0.2, 0.25) is 5.91 Å². The quantitative estimate of drug-likeness (QED) is 0.826. The van der Waals surface area contributed by atoms with Crippen molar-refractivity contribution in [1.29, 1.82) is 0 Å². The van der Waals surface area contributed by atoms with Gasteiger partial charge in [-0.05, 0) is 38.8 Å². The lowest BCUT2D eigenvalue weighted by Gasteiger charge is -2.43. The summed E-state index contributed by atoms with van der Waals surface area (Å²) in [5, 5.41) is 3.33. The SMILES string of the molecule is Cl.O=C(C1CCNCC1)N1CCN(C2CCC2)CC1. The zero-order valence-corrected chi connectivity index (χ0v) is 12.5. The fraction of sp³-hybridized carbons (Fsp3) is 0.929. The van der Waals surface area contributed by atoms with E-state index < -0.39 is 0 Å². The summed E-state index contributed by atoms with van der Waals surface area (Å²) >= 11 is 0. The number of nitrogens with zero attached hydrogens (tertiary/aromatic N) is 2. The number of carbonyl (C=O) groups excluding carboxylic acids is 1. The van der Waals surface area contributed by atoms with Gasteiger partial charge in [0.1, 0.15) is 0 Å². The average Bonchev–Trinajstić information content (AvgIpc) is 2.38. The van der Waals surface area contributed by atoms with Crippen molar-refractivity contribution in [3.05, 3.63) is 0 Å². The van der Waals surface area contributed by atoms with Crippen molar-refractivity contribution in [2.75, 3.05) is 39.3 Å². The van der Waals surface area contributed by atoms with Crippen LogP contribution in [0.25, 0.3) is 0 Å². The molecule has 2 saturated heterocycles. The first-order valence-electron chi connectivity index (χ1n) is 7.58. The molecule has 2 aliphatic heterocycles. The van der Waals surface area contributed by atoms with E-state index in [2.05, 4.69) is 15.1 Å². The number of hydrogen-bond acceptors (Lipinski definition) is 3. The molecule has 1 saturated carbocycles. The molecule has 2 heterocycles. The zero-order chi connectivity index (χ0) is 12.4. The van der Waals surface area contributed by atoms with Crippen LogP contribution in [0, 0.1) is 5.92 Å². The number of halogens is 1. The van der Waals surface area contributed by atoms with Crippen LogP contribution >= 0.6 is 12.4 Å². The predicted octanol–water partition coefficient (Wildman–Crippen LogP) is 1.10. The maximum atomic E-state index is 12.4. The molecule has 3 fully saturated rings. The van der Waals surface area contributed by atoms with Gasteiger partial charge in [-0.3, -0.25) is 9.69 Å². The average molecular weight is 288 g/mol. The minimum absolute atomic E-state index is 0. The van der Waals surface area contributed by atoms with E-state index in [1.54, 1.807) is 0 Å². The number of piperidine rings is 1. The number of rotatable bonds is 2. The van der Waals surface area contributed by atoms with Crippen LogP contribution < -0.4 is 5.32 Å². The second-order valence-electron chi connectivity index (χ2n) is 5.97. The molecule has 3 rings (SSSR count). The molecule has 1 N–H and O–H groups in total. The molecule has 0 atom stereocenters. The lowest BCUT2D eigenvalue weighted by atomic mass is 9.91. The molecule has 0 aromatic carbocycles. The fourth-order valence-corrected chi connectivity index (χ4v) is 3.39. The van der Waals surface area contributed by atoms with Crippen LogP contribution in [-0.4, -0.2) is 61.0 Å². The van der Waals surface area contributed by atoms with Crippen LogP contribution in [0.2, 0.25) is 0 Å². The summed E-state index contributed by atoms with van der Waals surface area (Å²) in [4.78, 5) is 17.1.